The van der Waals surface area contributed by atoms with E-state index in [0.29, 0.717) is 5.56 Å². The number of benzene rings is 2. The van der Waals surface area contributed by atoms with E-state index in [2.05, 4.69) is 21.2 Å². The monoisotopic (exact) mass is 435 g/mol. The molecule has 1 amide bonds. The number of rotatable bonds is 7. The number of amides is 1. The molecule has 27 heavy (non-hydrogen) atoms. The second kappa shape index (κ2) is 9.41. The van der Waals surface area contributed by atoms with E-state index in [1.165, 1.54) is 12.1 Å². The van der Waals surface area contributed by atoms with E-state index in [-0.39, 0.29) is 17.3 Å². The fourth-order valence-corrected chi connectivity index (χ4v) is 2.53. The molecule has 0 aliphatic carbocycles. The number of carbonyl (C=O) groups excluding carboxylic acids is 3. The lowest BCUT2D eigenvalue weighted by Gasteiger charge is -2.20. The first kappa shape index (κ1) is 20.8. The highest BCUT2D eigenvalue weighted by Gasteiger charge is 2.27. The van der Waals surface area contributed by atoms with Crippen molar-refractivity contribution in [2.24, 2.45) is 5.92 Å². The standard InChI is InChI=1S/C20H19BrFNO4/c1-12(2)18(23-19(25)14-5-9-16(22)10-6-14)20(26)27-11-17(24)13-3-7-15(21)8-4-13/h3-10,12,18H,11H2,1-2H3,(H,23,25)/t18-/m1/s1. The first-order valence-corrected chi connectivity index (χ1v) is 9.09. The zero-order chi connectivity index (χ0) is 20.0. The Labute approximate surface area is 165 Å². The van der Waals surface area contributed by atoms with Gasteiger partial charge in [0.25, 0.3) is 5.91 Å². The molecule has 0 aromatic heterocycles. The minimum Gasteiger partial charge on any atom is -0.456 e. The molecule has 0 radical (unpaired) electrons. The Bertz CT molecular complexity index is 819. The van der Waals surface area contributed by atoms with Crippen molar-refractivity contribution in [3.63, 3.8) is 0 Å². The lowest BCUT2D eigenvalue weighted by atomic mass is 10.0. The summed E-state index contributed by atoms with van der Waals surface area (Å²) in [5, 5.41) is 2.57. The number of Topliss-reactive ketones (excluding diaryl/α,β-unsaturated/α-hetero) is 1. The summed E-state index contributed by atoms with van der Waals surface area (Å²) in [5.41, 5.74) is 0.642. The Morgan fingerprint density at radius 1 is 1.00 bits per heavy atom. The Hall–Kier alpha value is -2.54. The van der Waals surface area contributed by atoms with E-state index in [1.54, 1.807) is 38.1 Å². The molecule has 5 nitrogen and oxygen atoms in total. The van der Waals surface area contributed by atoms with Gasteiger partial charge in [-0.2, -0.15) is 0 Å². The number of halogens is 2. The lowest BCUT2D eigenvalue weighted by molar-refractivity contribution is -0.145. The van der Waals surface area contributed by atoms with Crippen LogP contribution in [0.5, 0.6) is 0 Å². The van der Waals surface area contributed by atoms with Gasteiger partial charge in [0.05, 0.1) is 0 Å². The molecule has 0 saturated heterocycles. The SMILES string of the molecule is CC(C)[C@@H](NC(=O)c1ccc(F)cc1)C(=O)OCC(=O)c1ccc(Br)cc1. The highest BCUT2D eigenvalue weighted by Crippen LogP contribution is 2.12. The third-order valence-corrected chi connectivity index (χ3v) is 4.35. The second-order valence-corrected chi connectivity index (χ2v) is 7.16. The predicted molar refractivity (Wildman–Crippen MR) is 102 cm³/mol. The summed E-state index contributed by atoms with van der Waals surface area (Å²) >= 11 is 3.28. The molecule has 2 rings (SSSR count). The van der Waals surface area contributed by atoms with Crippen LogP contribution in [0, 0.1) is 11.7 Å². The molecule has 1 atom stereocenters. The number of carbonyl (C=O) groups is 3. The van der Waals surface area contributed by atoms with Crippen LogP contribution in [0.15, 0.2) is 53.0 Å². The molecule has 7 heteroatoms. The zero-order valence-electron chi connectivity index (χ0n) is 14.9. The number of ether oxygens (including phenoxy) is 1. The first-order valence-electron chi connectivity index (χ1n) is 8.29. The maximum atomic E-state index is 13.0. The van der Waals surface area contributed by atoms with Crippen molar-refractivity contribution < 1.29 is 23.5 Å². The first-order chi connectivity index (χ1) is 12.8. The van der Waals surface area contributed by atoms with Crippen molar-refractivity contribution in [2.45, 2.75) is 19.9 Å². The van der Waals surface area contributed by atoms with Crippen molar-refractivity contribution in [2.75, 3.05) is 6.61 Å². The van der Waals surface area contributed by atoms with Crippen LogP contribution in [0.25, 0.3) is 0 Å². The van der Waals surface area contributed by atoms with Gasteiger partial charge in [-0.05, 0) is 42.3 Å². The average Bonchev–Trinajstić information content (AvgIpc) is 2.64. The van der Waals surface area contributed by atoms with E-state index in [0.717, 1.165) is 16.6 Å². The fraction of sp³-hybridized carbons (Fsp3) is 0.250. The van der Waals surface area contributed by atoms with Crippen LogP contribution in [0.4, 0.5) is 4.39 Å². The van der Waals surface area contributed by atoms with Crippen molar-refractivity contribution in [3.8, 4) is 0 Å². The van der Waals surface area contributed by atoms with Gasteiger partial charge in [0.15, 0.2) is 12.4 Å². The highest BCUT2D eigenvalue weighted by molar-refractivity contribution is 9.10. The number of ketones is 1. The minimum atomic E-state index is -0.930. The predicted octanol–water partition coefficient (Wildman–Crippen LogP) is 3.77. The van der Waals surface area contributed by atoms with Crippen LogP contribution in [-0.2, 0) is 9.53 Å². The van der Waals surface area contributed by atoms with E-state index >= 15 is 0 Å². The number of esters is 1. The third-order valence-electron chi connectivity index (χ3n) is 3.83. The molecule has 2 aromatic carbocycles. The maximum absolute atomic E-state index is 13.0. The van der Waals surface area contributed by atoms with Crippen molar-refractivity contribution in [3.05, 3.63) is 69.9 Å². The molecular weight excluding hydrogens is 417 g/mol. The molecule has 0 unspecified atom stereocenters. The van der Waals surface area contributed by atoms with Gasteiger partial charge in [-0.15, -0.1) is 0 Å². The second-order valence-electron chi connectivity index (χ2n) is 6.24. The Balaban J connectivity index is 1.97. The van der Waals surface area contributed by atoms with Gasteiger partial charge in [-0.25, -0.2) is 9.18 Å². The van der Waals surface area contributed by atoms with Gasteiger partial charge in [-0.3, -0.25) is 9.59 Å². The number of hydrogen-bond acceptors (Lipinski definition) is 4. The summed E-state index contributed by atoms with van der Waals surface area (Å²) in [6, 6.07) is 10.7. The van der Waals surface area contributed by atoms with Crippen LogP contribution in [0.2, 0.25) is 0 Å². The molecule has 0 bridgehead atoms. The van der Waals surface area contributed by atoms with Crippen molar-refractivity contribution in [1.82, 2.24) is 5.32 Å². The molecular formula is C20H19BrFNO4. The highest BCUT2D eigenvalue weighted by atomic mass is 79.9. The van der Waals surface area contributed by atoms with Crippen LogP contribution in [0.3, 0.4) is 0 Å². The molecule has 0 spiro atoms. The molecule has 0 fully saturated rings. The molecule has 1 N–H and O–H groups in total. The van der Waals surface area contributed by atoms with E-state index < -0.39 is 30.3 Å². The number of hydrogen-bond donors (Lipinski definition) is 1. The van der Waals surface area contributed by atoms with Gasteiger partial charge in [0, 0.05) is 15.6 Å². The molecule has 0 aliphatic heterocycles. The van der Waals surface area contributed by atoms with Crippen molar-refractivity contribution >= 4 is 33.6 Å². The molecule has 142 valence electrons. The van der Waals surface area contributed by atoms with Crippen LogP contribution in [-0.4, -0.2) is 30.3 Å². The quantitative estimate of drug-likeness (QED) is 0.530. The fourth-order valence-electron chi connectivity index (χ4n) is 2.27. The normalized spacial score (nSPS) is 11.7. The summed E-state index contributed by atoms with van der Waals surface area (Å²) in [5.74, 6) is -2.29. The van der Waals surface area contributed by atoms with Gasteiger partial charge < -0.3 is 10.1 Å². The van der Waals surface area contributed by atoms with E-state index in [4.69, 9.17) is 4.74 Å². The molecule has 0 aliphatic rings. The lowest BCUT2D eigenvalue weighted by Crippen LogP contribution is -2.45. The van der Waals surface area contributed by atoms with E-state index in [9.17, 15) is 18.8 Å². The summed E-state index contributed by atoms with van der Waals surface area (Å²) < 4.78 is 18.9. The van der Waals surface area contributed by atoms with Crippen LogP contribution < -0.4 is 5.32 Å². The van der Waals surface area contributed by atoms with Crippen molar-refractivity contribution in [1.29, 1.82) is 0 Å². The van der Waals surface area contributed by atoms with Gasteiger partial charge >= 0.3 is 5.97 Å². The molecule has 0 saturated carbocycles. The Morgan fingerprint density at radius 2 is 1.56 bits per heavy atom. The Kier molecular flexibility index (Phi) is 7.24. The Morgan fingerprint density at radius 3 is 2.11 bits per heavy atom. The topological polar surface area (TPSA) is 72.5 Å². The average molecular weight is 436 g/mol. The number of nitrogens with one attached hydrogen (secondary N) is 1. The van der Waals surface area contributed by atoms with Crippen LogP contribution in [0.1, 0.15) is 34.6 Å². The summed E-state index contributed by atoms with van der Waals surface area (Å²) in [7, 11) is 0. The van der Waals surface area contributed by atoms with Gasteiger partial charge in [0.2, 0.25) is 0 Å². The molecule has 0 heterocycles. The van der Waals surface area contributed by atoms with E-state index in [1.807, 2.05) is 0 Å². The van der Waals surface area contributed by atoms with Gasteiger partial charge in [0.1, 0.15) is 11.9 Å². The maximum Gasteiger partial charge on any atom is 0.329 e. The zero-order valence-corrected chi connectivity index (χ0v) is 16.5. The van der Waals surface area contributed by atoms with Gasteiger partial charge in [-0.1, -0.05) is 41.9 Å². The smallest absolute Gasteiger partial charge is 0.329 e. The summed E-state index contributed by atoms with van der Waals surface area (Å²) in [4.78, 5) is 36.7. The summed E-state index contributed by atoms with van der Waals surface area (Å²) in [6.45, 7) is 3.07. The largest absolute Gasteiger partial charge is 0.456 e. The molecule has 2 aromatic rings. The third kappa shape index (κ3) is 5.99. The summed E-state index contributed by atoms with van der Waals surface area (Å²) in [6.07, 6.45) is 0. The van der Waals surface area contributed by atoms with Crippen LogP contribution >= 0.6 is 15.9 Å². The minimum absolute atomic E-state index is 0.223.